The van der Waals surface area contributed by atoms with Crippen molar-refractivity contribution < 1.29 is 9.53 Å². The van der Waals surface area contributed by atoms with Gasteiger partial charge in [0.1, 0.15) is 17.2 Å². The van der Waals surface area contributed by atoms with Crippen LogP contribution in [-0.2, 0) is 11.3 Å². The average molecular weight is 487 g/mol. The lowest BCUT2D eigenvalue weighted by Crippen LogP contribution is -2.39. The van der Waals surface area contributed by atoms with Gasteiger partial charge in [-0.1, -0.05) is 32.0 Å². The molecule has 0 saturated carbocycles. The summed E-state index contributed by atoms with van der Waals surface area (Å²) >= 11 is 1.71. The van der Waals surface area contributed by atoms with Crippen LogP contribution in [0.5, 0.6) is 11.5 Å². The zero-order chi connectivity index (χ0) is 24.2. The Morgan fingerprint density at radius 3 is 2.63 bits per heavy atom. The second-order valence-corrected chi connectivity index (χ2v) is 10.7. The molecule has 0 spiro atoms. The molecule has 180 valence electrons. The predicted molar refractivity (Wildman–Crippen MR) is 142 cm³/mol. The summed E-state index contributed by atoms with van der Waals surface area (Å²) in [4.78, 5) is 19.3. The number of nitrogens with zero attached hydrogens (tertiary/aromatic N) is 4. The molecule has 0 unspecified atom stereocenters. The molecule has 7 heteroatoms. The third kappa shape index (κ3) is 5.35. The molecule has 0 bridgehead atoms. The summed E-state index contributed by atoms with van der Waals surface area (Å²) in [6, 6.07) is 19.9. The van der Waals surface area contributed by atoms with Gasteiger partial charge in [-0.2, -0.15) is 5.10 Å². The van der Waals surface area contributed by atoms with Gasteiger partial charge < -0.3 is 9.64 Å². The third-order valence-corrected chi connectivity index (χ3v) is 7.36. The number of likely N-dealkylation sites (tertiary alicyclic amines) is 1. The molecular formula is C28H30N4O2S. The van der Waals surface area contributed by atoms with E-state index in [0.717, 1.165) is 53.0 Å². The van der Waals surface area contributed by atoms with E-state index in [1.54, 1.807) is 18.0 Å². The number of amides is 1. The normalized spacial score (nSPS) is 15.7. The van der Waals surface area contributed by atoms with Gasteiger partial charge in [0.25, 0.3) is 0 Å². The lowest BCUT2D eigenvalue weighted by molar-refractivity contribution is -0.129. The molecule has 6 nitrogen and oxygen atoms in total. The molecule has 1 aliphatic rings. The Morgan fingerprint density at radius 1 is 1.09 bits per heavy atom. The maximum atomic E-state index is 12.9. The van der Waals surface area contributed by atoms with Crippen LogP contribution in [0.4, 0.5) is 0 Å². The van der Waals surface area contributed by atoms with Crippen molar-refractivity contribution in [1.82, 2.24) is 19.7 Å². The highest BCUT2D eigenvalue weighted by Crippen LogP contribution is 2.31. The minimum absolute atomic E-state index is 0.168. The third-order valence-electron chi connectivity index (χ3n) is 6.28. The first-order valence-electron chi connectivity index (χ1n) is 12.1. The number of hydrogen-bond donors (Lipinski definition) is 0. The lowest BCUT2D eigenvalue weighted by atomic mass is 10.1. The molecule has 2 aromatic carbocycles. The number of thioether (sulfide) groups is 1. The van der Waals surface area contributed by atoms with Crippen LogP contribution in [0.2, 0.25) is 0 Å². The number of fused-ring (bicyclic) bond motifs is 1. The van der Waals surface area contributed by atoms with Crippen LogP contribution in [0.15, 0.2) is 73.1 Å². The predicted octanol–water partition coefficient (Wildman–Crippen LogP) is 6.02. The van der Waals surface area contributed by atoms with E-state index in [0.29, 0.717) is 17.5 Å². The molecule has 3 heterocycles. The number of benzene rings is 2. The first-order valence-corrected chi connectivity index (χ1v) is 13.2. The number of para-hydroxylation sites is 1. The van der Waals surface area contributed by atoms with Gasteiger partial charge in [0.2, 0.25) is 5.91 Å². The molecule has 0 aliphatic carbocycles. The van der Waals surface area contributed by atoms with E-state index < -0.39 is 0 Å². The molecule has 4 aromatic rings. The van der Waals surface area contributed by atoms with Gasteiger partial charge in [-0.25, -0.2) is 0 Å². The Hall–Kier alpha value is -3.32. The second kappa shape index (κ2) is 10.5. The first kappa shape index (κ1) is 23.4. The lowest BCUT2D eigenvalue weighted by Gasteiger charge is -2.25. The minimum atomic E-state index is 0.168. The van der Waals surface area contributed by atoms with Gasteiger partial charge in [-0.15, -0.1) is 11.8 Å². The number of carbonyl (C=O) groups is 1. The van der Waals surface area contributed by atoms with Crippen molar-refractivity contribution in [3.63, 3.8) is 0 Å². The van der Waals surface area contributed by atoms with Crippen molar-refractivity contribution in [2.75, 3.05) is 12.3 Å². The molecule has 35 heavy (non-hydrogen) atoms. The van der Waals surface area contributed by atoms with Crippen molar-refractivity contribution in [3.05, 3.63) is 73.1 Å². The van der Waals surface area contributed by atoms with Crippen molar-refractivity contribution in [2.45, 2.75) is 44.5 Å². The molecule has 1 amide bonds. The topological polar surface area (TPSA) is 60.2 Å². The van der Waals surface area contributed by atoms with Crippen molar-refractivity contribution in [2.24, 2.45) is 0 Å². The van der Waals surface area contributed by atoms with Gasteiger partial charge in [-0.3, -0.25) is 14.5 Å². The number of aromatic nitrogens is 3. The zero-order valence-electron chi connectivity index (χ0n) is 20.1. The highest BCUT2D eigenvalue weighted by Gasteiger charge is 2.30. The van der Waals surface area contributed by atoms with E-state index in [1.807, 2.05) is 71.5 Å². The van der Waals surface area contributed by atoms with E-state index in [4.69, 9.17) is 9.84 Å². The number of rotatable bonds is 8. The van der Waals surface area contributed by atoms with Gasteiger partial charge in [-0.05, 0) is 60.6 Å². The standard InChI is InChI=1S/C28H30N4O2S/c1-20(2)35-19-27(33)31-16-6-7-22(31)18-32-26-14-15-29-17-25(26)28(30-32)21-10-12-24(13-11-21)34-23-8-4-3-5-9-23/h3-5,8-15,17,20,22H,6-7,16,18-19H2,1-2H3/t22-/m0/s1. The highest BCUT2D eigenvalue weighted by molar-refractivity contribution is 8.00. The summed E-state index contributed by atoms with van der Waals surface area (Å²) in [5, 5.41) is 6.46. The maximum Gasteiger partial charge on any atom is 0.232 e. The van der Waals surface area contributed by atoms with Crippen molar-refractivity contribution in [1.29, 1.82) is 0 Å². The number of carbonyl (C=O) groups excluding carboxylic acids is 1. The minimum Gasteiger partial charge on any atom is -0.457 e. The van der Waals surface area contributed by atoms with E-state index in [-0.39, 0.29) is 11.9 Å². The van der Waals surface area contributed by atoms with Crippen molar-refractivity contribution in [3.8, 4) is 22.8 Å². The molecule has 5 rings (SSSR count). The number of ether oxygens (including phenoxy) is 1. The molecule has 1 saturated heterocycles. The molecule has 0 radical (unpaired) electrons. The number of hydrogen-bond acceptors (Lipinski definition) is 5. The number of pyridine rings is 1. The van der Waals surface area contributed by atoms with Gasteiger partial charge >= 0.3 is 0 Å². The summed E-state index contributed by atoms with van der Waals surface area (Å²) in [6.45, 7) is 5.78. The summed E-state index contributed by atoms with van der Waals surface area (Å²) < 4.78 is 7.99. The van der Waals surface area contributed by atoms with Crippen LogP contribution in [0.3, 0.4) is 0 Å². The molecule has 1 fully saturated rings. The Labute approximate surface area is 210 Å². The van der Waals surface area contributed by atoms with Gasteiger partial charge in [0.15, 0.2) is 0 Å². The Kier molecular flexibility index (Phi) is 7.04. The summed E-state index contributed by atoms with van der Waals surface area (Å²) in [5.74, 6) is 2.36. The first-order chi connectivity index (χ1) is 17.1. The van der Waals surface area contributed by atoms with E-state index in [1.165, 1.54) is 0 Å². The smallest absolute Gasteiger partial charge is 0.232 e. The fourth-order valence-corrected chi connectivity index (χ4v) is 5.20. The Morgan fingerprint density at radius 2 is 1.86 bits per heavy atom. The fraction of sp³-hybridized carbons (Fsp3) is 0.321. The van der Waals surface area contributed by atoms with Crippen LogP contribution in [0.25, 0.3) is 22.2 Å². The maximum absolute atomic E-state index is 12.9. The van der Waals surface area contributed by atoms with Crippen LogP contribution in [-0.4, -0.2) is 49.2 Å². The zero-order valence-corrected chi connectivity index (χ0v) is 20.9. The quantitative estimate of drug-likeness (QED) is 0.305. The Bertz CT molecular complexity index is 1290. The molecule has 0 N–H and O–H groups in total. The SMILES string of the molecule is CC(C)SCC(=O)N1CCC[C@H]1Cn1nc(-c2ccc(Oc3ccccc3)cc2)c2cnccc21. The van der Waals surface area contributed by atoms with E-state index in [2.05, 4.69) is 23.7 Å². The molecule has 1 atom stereocenters. The Balaban J connectivity index is 1.37. The molecule has 2 aromatic heterocycles. The van der Waals surface area contributed by atoms with Crippen molar-refractivity contribution >= 4 is 28.6 Å². The summed E-state index contributed by atoms with van der Waals surface area (Å²) in [5.41, 5.74) is 2.94. The van der Waals surface area contributed by atoms with E-state index >= 15 is 0 Å². The summed E-state index contributed by atoms with van der Waals surface area (Å²) in [7, 11) is 0. The second-order valence-electron chi connectivity index (χ2n) is 9.11. The van der Waals surface area contributed by atoms with Crippen LogP contribution >= 0.6 is 11.8 Å². The molecule has 1 aliphatic heterocycles. The molecular weight excluding hydrogens is 456 g/mol. The van der Waals surface area contributed by atoms with E-state index in [9.17, 15) is 4.79 Å². The average Bonchev–Trinajstić information content (AvgIpc) is 3.49. The summed E-state index contributed by atoms with van der Waals surface area (Å²) in [6.07, 6.45) is 5.72. The largest absolute Gasteiger partial charge is 0.457 e. The fourth-order valence-electron chi connectivity index (χ4n) is 4.56. The van der Waals surface area contributed by atoms with Crippen LogP contribution in [0, 0.1) is 0 Å². The van der Waals surface area contributed by atoms with Gasteiger partial charge in [0, 0.05) is 29.9 Å². The highest BCUT2D eigenvalue weighted by atomic mass is 32.2. The monoisotopic (exact) mass is 486 g/mol. The van der Waals surface area contributed by atoms with Crippen LogP contribution < -0.4 is 4.74 Å². The van der Waals surface area contributed by atoms with Crippen LogP contribution in [0.1, 0.15) is 26.7 Å². The van der Waals surface area contributed by atoms with Gasteiger partial charge in [0.05, 0.1) is 23.9 Å².